The topological polar surface area (TPSA) is 65.2 Å². The van der Waals surface area contributed by atoms with Crippen molar-refractivity contribution in [2.45, 2.75) is 12.8 Å². The van der Waals surface area contributed by atoms with Crippen molar-refractivity contribution in [3.05, 3.63) is 44.3 Å². The van der Waals surface area contributed by atoms with Crippen molar-refractivity contribution in [1.29, 1.82) is 0 Å². The van der Waals surface area contributed by atoms with Crippen LogP contribution in [0.2, 0.25) is 0 Å². The first kappa shape index (κ1) is 15.2. The Balaban J connectivity index is 2.14. The van der Waals surface area contributed by atoms with Gasteiger partial charge in [-0.05, 0) is 30.3 Å². The van der Waals surface area contributed by atoms with Crippen LogP contribution in [0.3, 0.4) is 0 Å². The summed E-state index contributed by atoms with van der Waals surface area (Å²) >= 11 is 4.93. The number of nitrogens with zero attached hydrogens (tertiary/aromatic N) is 1. The van der Waals surface area contributed by atoms with Gasteiger partial charge in [0, 0.05) is 22.7 Å². The summed E-state index contributed by atoms with van der Waals surface area (Å²) in [5, 5.41) is 2.70. The molecule has 0 saturated carbocycles. The van der Waals surface area contributed by atoms with Gasteiger partial charge in [-0.3, -0.25) is 4.79 Å². The van der Waals surface area contributed by atoms with E-state index in [0.717, 1.165) is 20.8 Å². The van der Waals surface area contributed by atoms with Crippen LogP contribution in [0.1, 0.15) is 21.1 Å². The highest BCUT2D eigenvalue weighted by atomic mass is 79.9. The van der Waals surface area contributed by atoms with Crippen LogP contribution in [0, 0.1) is 0 Å². The molecule has 2 rings (SSSR count). The Morgan fingerprint density at radius 3 is 3.00 bits per heavy atom. The van der Waals surface area contributed by atoms with Crippen molar-refractivity contribution in [2.24, 2.45) is 5.73 Å². The minimum absolute atomic E-state index is 0.00141. The first-order valence-electron chi connectivity index (χ1n) is 6.14. The molecule has 0 spiro atoms. The highest BCUT2D eigenvalue weighted by Crippen LogP contribution is 2.24. The highest BCUT2D eigenvalue weighted by Gasteiger charge is 2.13. The quantitative estimate of drug-likeness (QED) is 0.810. The van der Waals surface area contributed by atoms with E-state index < -0.39 is 0 Å². The average molecular weight is 355 g/mol. The van der Waals surface area contributed by atoms with Crippen LogP contribution in [-0.4, -0.2) is 24.4 Å². The maximum atomic E-state index is 12.2. The monoisotopic (exact) mass is 354 g/mol. The van der Waals surface area contributed by atoms with Gasteiger partial charge in [0.1, 0.15) is 11.4 Å². The summed E-state index contributed by atoms with van der Waals surface area (Å²) in [5.74, 6) is 0.733. The normalized spacial score (nSPS) is 10.6. The zero-order valence-electron chi connectivity index (χ0n) is 11.1. The number of halogens is 1. The minimum Gasteiger partial charge on any atom is -0.497 e. The Bertz CT molecular complexity index is 613. The van der Waals surface area contributed by atoms with Crippen LogP contribution in [0.25, 0.3) is 0 Å². The number of carbonyl (C=O) groups excluding carboxylic acids is 1. The van der Waals surface area contributed by atoms with Gasteiger partial charge in [-0.15, -0.1) is 11.3 Å². The molecule has 2 aromatic rings. The number of hydrogen-bond donors (Lipinski definition) is 1. The lowest BCUT2D eigenvalue weighted by molar-refractivity contribution is 0.0988. The van der Waals surface area contributed by atoms with Gasteiger partial charge in [-0.1, -0.05) is 15.9 Å². The second-order valence-electron chi connectivity index (χ2n) is 4.22. The van der Waals surface area contributed by atoms with Gasteiger partial charge in [0.2, 0.25) is 0 Å². The van der Waals surface area contributed by atoms with Crippen molar-refractivity contribution in [3.63, 3.8) is 0 Å². The third-order valence-electron chi connectivity index (χ3n) is 2.80. The third-order valence-corrected chi connectivity index (χ3v) is 4.48. The summed E-state index contributed by atoms with van der Waals surface area (Å²) in [6.45, 7) is 0.544. The predicted octanol–water partition coefficient (Wildman–Crippen LogP) is 2.84. The van der Waals surface area contributed by atoms with E-state index in [-0.39, 0.29) is 5.78 Å². The van der Waals surface area contributed by atoms with E-state index in [0.29, 0.717) is 25.1 Å². The molecule has 106 valence electrons. The van der Waals surface area contributed by atoms with Crippen molar-refractivity contribution >= 4 is 33.0 Å². The molecule has 20 heavy (non-hydrogen) atoms. The second kappa shape index (κ2) is 6.97. The Labute approximate surface area is 130 Å². The molecule has 1 heterocycles. The summed E-state index contributed by atoms with van der Waals surface area (Å²) in [6.07, 6.45) is 1.00. The van der Waals surface area contributed by atoms with Crippen LogP contribution in [0.5, 0.6) is 5.75 Å². The molecule has 0 bridgehead atoms. The van der Waals surface area contributed by atoms with Gasteiger partial charge in [0.15, 0.2) is 5.78 Å². The summed E-state index contributed by atoms with van der Waals surface area (Å²) in [6, 6.07) is 5.58. The predicted molar refractivity (Wildman–Crippen MR) is 83.6 cm³/mol. The maximum Gasteiger partial charge on any atom is 0.186 e. The Hall–Kier alpha value is -1.24. The Kier molecular flexibility index (Phi) is 5.28. The first-order valence-corrected chi connectivity index (χ1v) is 7.81. The second-order valence-corrected chi connectivity index (χ2v) is 6.02. The SMILES string of the molecule is COc1ccc(Br)c(CC(=O)c2csc(CCN)n2)c1. The lowest BCUT2D eigenvalue weighted by atomic mass is 10.1. The van der Waals surface area contributed by atoms with E-state index in [1.54, 1.807) is 12.5 Å². The summed E-state index contributed by atoms with van der Waals surface area (Å²) in [5.41, 5.74) is 6.88. The molecule has 0 aliphatic heterocycles. The Morgan fingerprint density at radius 1 is 1.50 bits per heavy atom. The van der Waals surface area contributed by atoms with E-state index >= 15 is 0 Å². The van der Waals surface area contributed by atoms with Crippen LogP contribution >= 0.6 is 27.3 Å². The number of hydrogen-bond acceptors (Lipinski definition) is 5. The van der Waals surface area contributed by atoms with E-state index in [1.165, 1.54) is 11.3 Å². The van der Waals surface area contributed by atoms with Gasteiger partial charge >= 0.3 is 0 Å². The average Bonchev–Trinajstić information content (AvgIpc) is 2.90. The molecule has 0 atom stereocenters. The van der Waals surface area contributed by atoms with Gasteiger partial charge < -0.3 is 10.5 Å². The van der Waals surface area contributed by atoms with Gasteiger partial charge in [-0.2, -0.15) is 0 Å². The lowest BCUT2D eigenvalue weighted by Crippen LogP contribution is -2.06. The van der Waals surface area contributed by atoms with Crippen molar-refractivity contribution in [1.82, 2.24) is 4.98 Å². The number of thiazole rings is 1. The van der Waals surface area contributed by atoms with Crippen LogP contribution in [0.15, 0.2) is 28.1 Å². The zero-order chi connectivity index (χ0) is 14.5. The fourth-order valence-electron chi connectivity index (χ4n) is 1.75. The molecular formula is C14H15BrN2O2S. The molecule has 0 fully saturated rings. The van der Waals surface area contributed by atoms with Gasteiger partial charge in [0.25, 0.3) is 0 Å². The highest BCUT2D eigenvalue weighted by molar-refractivity contribution is 9.10. The number of ether oxygens (including phenoxy) is 1. The number of methoxy groups -OCH3 is 1. The number of aromatic nitrogens is 1. The smallest absolute Gasteiger partial charge is 0.186 e. The molecule has 1 aromatic heterocycles. The van der Waals surface area contributed by atoms with Crippen LogP contribution in [0.4, 0.5) is 0 Å². The standard InChI is InChI=1S/C14H15BrN2O2S/c1-19-10-2-3-11(15)9(6-10)7-13(18)12-8-20-14(17-12)4-5-16/h2-3,6,8H,4-5,7,16H2,1H3. The molecule has 0 unspecified atom stereocenters. The Morgan fingerprint density at radius 2 is 2.30 bits per heavy atom. The molecular weight excluding hydrogens is 340 g/mol. The molecule has 0 radical (unpaired) electrons. The third kappa shape index (κ3) is 3.65. The van der Waals surface area contributed by atoms with Crippen LogP contribution < -0.4 is 10.5 Å². The summed E-state index contributed by atoms with van der Waals surface area (Å²) < 4.78 is 6.07. The summed E-state index contributed by atoms with van der Waals surface area (Å²) in [7, 11) is 1.61. The van der Waals surface area contributed by atoms with Crippen molar-refractivity contribution in [3.8, 4) is 5.75 Å². The molecule has 0 saturated heterocycles. The largest absolute Gasteiger partial charge is 0.497 e. The maximum absolute atomic E-state index is 12.2. The zero-order valence-corrected chi connectivity index (χ0v) is 13.5. The first-order chi connectivity index (χ1) is 9.63. The van der Waals surface area contributed by atoms with Crippen molar-refractivity contribution < 1.29 is 9.53 Å². The van der Waals surface area contributed by atoms with E-state index in [1.807, 2.05) is 18.2 Å². The van der Waals surface area contributed by atoms with E-state index in [2.05, 4.69) is 20.9 Å². The number of carbonyl (C=O) groups is 1. The molecule has 0 amide bonds. The molecule has 4 nitrogen and oxygen atoms in total. The molecule has 2 N–H and O–H groups in total. The van der Waals surface area contributed by atoms with Crippen LogP contribution in [-0.2, 0) is 12.8 Å². The lowest BCUT2D eigenvalue weighted by Gasteiger charge is -2.06. The minimum atomic E-state index is -0.00141. The van der Waals surface area contributed by atoms with E-state index in [4.69, 9.17) is 10.5 Å². The number of rotatable bonds is 6. The fraction of sp³-hybridized carbons (Fsp3) is 0.286. The molecule has 1 aromatic carbocycles. The number of ketones is 1. The number of Topliss-reactive ketones (excluding diaryl/α,β-unsaturated/α-hetero) is 1. The number of nitrogens with two attached hydrogens (primary N) is 1. The van der Waals surface area contributed by atoms with E-state index in [9.17, 15) is 4.79 Å². The van der Waals surface area contributed by atoms with Gasteiger partial charge in [-0.25, -0.2) is 4.98 Å². The number of benzene rings is 1. The summed E-state index contributed by atoms with van der Waals surface area (Å²) in [4.78, 5) is 16.5. The molecule has 6 heteroatoms. The van der Waals surface area contributed by atoms with Gasteiger partial charge in [0.05, 0.1) is 12.1 Å². The molecule has 0 aliphatic rings. The fourth-order valence-corrected chi connectivity index (χ4v) is 2.96. The van der Waals surface area contributed by atoms with Crippen molar-refractivity contribution in [2.75, 3.05) is 13.7 Å². The molecule has 0 aliphatic carbocycles.